The maximum Gasteiger partial charge on any atom is 0.251 e. The third-order valence-corrected chi connectivity index (χ3v) is 7.36. The van der Waals surface area contributed by atoms with Crippen molar-refractivity contribution in [2.45, 2.75) is 52.1 Å². The molecule has 8 heteroatoms. The number of piperidine rings is 1. The van der Waals surface area contributed by atoms with Gasteiger partial charge in [0.25, 0.3) is 5.91 Å². The van der Waals surface area contributed by atoms with Crippen molar-refractivity contribution in [2.24, 2.45) is 5.92 Å². The number of hydrogen-bond acceptors (Lipinski definition) is 6. The largest absolute Gasteiger partial charge is 0.457 e. The molecule has 0 aromatic heterocycles. The van der Waals surface area contributed by atoms with Crippen molar-refractivity contribution in [3.63, 3.8) is 0 Å². The monoisotopic (exact) mass is 529 g/mol. The van der Waals surface area contributed by atoms with Gasteiger partial charge in [0.2, 0.25) is 5.91 Å². The minimum atomic E-state index is -0.124. The number of hydrogen-bond donors (Lipinski definition) is 3. The van der Waals surface area contributed by atoms with Crippen LogP contribution in [-0.4, -0.2) is 65.8 Å². The maximum atomic E-state index is 13.1. The molecule has 8 nitrogen and oxygen atoms in total. The van der Waals surface area contributed by atoms with Gasteiger partial charge in [0, 0.05) is 42.4 Å². The number of nitrogens with zero attached hydrogens (tertiary/aromatic N) is 2. The van der Waals surface area contributed by atoms with Gasteiger partial charge in [-0.15, -0.1) is 0 Å². The average Bonchev–Trinajstić information content (AvgIpc) is 3.33. The number of amides is 2. The minimum Gasteiger partial charge on any atom is -0.457 e. The molecule has 4 rings (SSSR count). The standard InChI is InChI=1S/C31H39N5O3/c1-21(2)27(32)12-13-28(33)22-8-10-26(11-9-22)39-29-19-23(31(38)34-25-14-17-35(3)18-15-25)6-7-24(29)20-36-16-4-5-30(36)37/h6-13,19,21,25,32-33H,4-5,14-18,20H2,1-3H3,(H,34,38)/b13-12-,32-27?,33-28?. The van der Waals surface area contributed by atoms with E-state index < -0.39 is 0 Å². The van der Waals surface area contributed by atoms with Gasteiger partial charge in [0.1, 0.15) is 11.5 Å². The first-order valence-electron chi connectivity index (χ1n) is 13.7. The Morgan fingerprint density at radius 2 is 1.74 bits per heavy atom. The highest BCUT2D eigenvalue weighted by molar-refractivity contribution is 6.10. The molecule has 3 N–H and O–H groups in total. The molecule has 2 saturated heterocycles. The summed E-state index contributed by atoms with van der Waals surface area (Å²) in [4.78, 5) is 29.5. The Kier molecular flexibility index (Phi) is 9.30. The van der Waals surface area contributed by atoms with Gasteiger partial charge in [-0.05, 0) is 99.4 Å². The van der Waals surface area contributed by atoms with Crippen molar-refractivity contribution in [1.82, 2.24) is 15.1 Å². The maximum absolute atomic E-state index is 13.1. The Balaban J connectivity index is 1.51. The molecular weight excluding hydrogens is 490 g/mol. The van der Waals surface area contributed by atoms with Gasteiger partial charge >= 0.3 is 0 Å². The van der Waals surface area contributed by atoms with Crippen LogP contribution in [0.2, 0.25) is 0 Å². The van der Waals surface area contributed by atoms with Crippen LogP contribution in [0.15, 0.2) is 54.6 Å². The van der Waals surface area contributed by atoms with Crippen molar-refractivity contribution < 1.29 is 14.3 Å². The first-order chi connectivity index (χ1) is 18.7. The number of carbonyl (C=O) groups excluding carboxylic acids is 2. The summed E-state index contributed by atoms with van der Waals surface area (Å²) < 4.78 is 6.27. The minimum absolute atomic E-state index is 0.108. The van der Waals surface area contributed by atoms with Crippen LogP contribution >= 0.6 is 0 Å². The quantitative estimate of drug-likeness (QED) is 0.375. The van der Waals surface area contributed by atoms with E-state index in [0.717, 1.165) is 44.5 Å². The van der Waals surface area contributed by atoms with Gasteiger partial charge in [-0.25, -0.2) is 0 Å². The molecule has 2 heterocycles. The van der Waals surface area contributed by atoms with Crippen LogP contribution in [0, 0.1) is 16.7 Å². The van der Waals surface area contributed by atoms with E-state index in [-0.39, 0.29) is 23.8 Å². The highest BCUT2D eigenvalue weighted by atomic mass is 16.5. The van der Waals surface area contributed by atoms with Gasteiger partial charge in [-0.3, -0.25) is 9.59 Å². The van der Waals surface area contributed by atoms with Crippen LogP contribution < -0.4 is 10.1 Å². The second-order valence-corrected chi connectivity index (χ2v) is 10.8. The fourth-order valence-electron chi connectivity index (χ4n) is 4.71. The van der Waals surface area contributed by atoms with Crippen LogP contribution in [0.25, 0.3) is 0 Å². The van der Waals surface area contributed by atoms with Crippen molar-refractivity contribution in [1.29, 1.82) is 10.8 Å². The summed E-state index contributed by atoms with van der Waals surface area (Å²) in [6, 6.07) is 12.8. The van der Waals surface area contributed by atoms with Crippen LogP contribution in [0.5, 0.6) is 11.5 Å². The Labute approximate surface area is 231 Å². The van der Waals surface area contributed by atoms with Gasteiger partial charge < -0.3 is 30.7 Å². The predicted octanol–water partition coefficient (Wildman–Crippen LogP) is 5.03. The Hall–Kier alpha value is -3.78. The highest BCUT2D eigenvalue weighted by Gasteiger charge is 2.23. The third kappa shape index (κ3) is 7.63. The first kappa shape index (κ1) is 28.2. The zero-order chi connectivity index (χ0) is 27.9. The fraction of sp³-hybridized carbons (Fsp3) is 0.419. The number of benzene rings is 2. The van der Waals surface area contributed by atoms with Gasteiger partial charge in [0.05, 0.1) is 5.71 Å². The topological polar surface area (TPSA) is 110 Å². The molecular formula is C31H39N5O3. The van der Waals surface area contributed by atoms with Crippen molar-refractivity contribution >= 4 is 23.2 Å². The molecule has 0 spiro atoms. The second kappa shape index (κ2) is 12.8. The predicted molar refractivity (Wildman–Crippen MR) is 154 cm³/mol. The third-order valence-electron chi connectivity index (χ3n) is 7.36. The number of likely N-dealkylation sites (tertiary alicyclic amines) is 2. The molecule has 2 aliphatic heterocycles. The van der Waals surface area contributed by atoms with E-state index in [1.165, 1.54) is 0 Å². The lowest BCUT2D eigenvalue weighted by molar-refractivity contribution is -0.128. The number of ether oxygens (including phenoxy) is 1. The Bertz CT molecular complexity index is 1240. The van der Waals surface area contributed by atoms with Crippen LogP contribution in [0.3, 0.4) is 0 Å². The number of carbonyl (C=O) groups is 2. The molecule has 2 aromatic carbocycles. The number of allylic oxidation sites excluding steroid dienone is 2. The van der Waals surface area contributed by atoms with Gasteiger partial charge in [0.15, 0.2) is 0 Å². The van der Waals surface area contributed by atoms with E-state index in [1.54, 1.807) is 48.6 Å². The molecule has 0 bridgehead atoms. The summed E-state index contributed by atoms with van der Waals surface area (Å²) >= 11 is 0. The molecule has 0 aliphatic carbocycles. The SMILES string of the molecule is CC(C)C(=N)/C=C\C(=N)c1ccc(Oc2cc(C(=O)NC3CCN(C)CC3)ccc2CN2CCCC2=O)cc1. The molecule has 0 unspecified atom stereocenters. The second-order valence-electron chi connectivity index (χ2n) is 10.8. The highest BCUT2D eigenvalue weighted by Crippen LogP contribution is 2.29. The summed E-state index contributed by atoms with van der Waals surface area (Å²) in [5.74, 6) is 1.23. The lowest BCUT2D eigenvalue weighted by Crippen LogP contribution is -2.43. The molecule has 2 aromatic rings. The molecule has 2 amide bonds. The van der Waals surface area contributed by atoms with Crippen molar-refractivity contribution in [3.05, 3.63) is 71.3 Å². The summed E-state index contributed by atoms with van der Waals surface area (Å²) in [5, 5.41) is 19.4. The number of nitrogens with one attached hydrogen (secondary N) is 3. The van der Waals surface area contributed by atoms with Gasteiger partial charge in [-0.2, -0.15) is 0 Å². The zero-order valence-corrected chi connectivity index (χ0v) is 23.1. The Morgan fingerprint density at radius 1 is 1.05 bits per heavy atom. The molecule has 2 aliphatic rings. The summed E-state index contributed by atoms with van der Waals surface area (Å²) in [6.07, 6.45) is 6.56. The van der Waals surface area contributed by atoms with E-state index in [0.29, 0.717) is 47.0 Å². The lowest BCUT2D eigenvalue weighted by Gasteiger charge is -2.29. The average molecular weight is 530 g/mol. The van der Waals surface area contributed by atoms with Crippen LogP contribution in [0.1, 0.15) is 61.0 Å². The summed E-state index contributed by atoms with van der Waals surface area (Å²) in [5.41, 5.74) is 2.87. The van der Waals surface area contributed by atoms with Crippen LogP contribution in [-0.2, 0) is 11.3 Å². The molecule has 0 atom stereocenters. The molecule has 39 heavy (non-hydrogen) atoms. The molecule has 206 valence electrons. The van der Waals surface area contributed by atoms with E-state index in [4.69, 9.17) is 15.6 Å². The van der Waals surface area contributed by atoms with E-state index in [1.807, 2.05) is 24.8 Å². The molecule has 0 saturated carbocycles. The summed E-state index contributed by atoms with van der Waals surface area (Å²) in [6.45, 7) is 6.97. The van der Waals surface area contributed by atoms with Crippen molar-refractivity contribution in [3.8, 4) is 11.5 Å². The molecule has 2 fully saturated rings. The van der Waals surface area contributed by atoms with Crippen molar-refractivity contribution in [2.75, 3.05) is 26.7 Å². The van der Waals surface area contributed by atoms with Gasteiger partial charge in [-0.1, -0.05) is 19.9 Å². The zero-order valence-electron chi connectivity index (χ0n) is 23.1. The number of rotatable bonds is 10. The summed E-state index contributed by atoms with van der Waals surface area (Å²) in [7, 11) is 2.09. The normalized spacial score (nSPS) is 16.7. The van der Waals surface area contributed by atoms with E-state index >= 15 is 0 Å². The van der Waals surface area contributed by atoms with Crippen LogP contribution in [0.4, 0.5) is 0 Å². The Morgan fingerprint density at radius 3 is 2.38 bits per heavy atom. The van der Waals surface area contributed by atoms with E-state index in [2.05, 4.69) is 17.3 Å². The smallest absolute Gasteiger partial charge is 0.251 e. The van der Waals surface area contributed by atoms with E-state index in [9.17, 15) is 9.59 Å². The first-order valence-corrected chi connectivity index (χ1v) is 13.7. The molecule has 0 radical (unpaired) electrons. The fourth-order valence-corrected chi connectivity index (χ4v) is 4.71. The lowest BCUT2D eigenvalue weighted by atomic mass is 10.0.